The van der Waals surface area contributed by atoms with Crippen molar-refractivity contribution in [1.29, 1.82) is 0 Å². The highest BCUT2D eigenvalue weighted by Gasteiger charge is 2.14. The molecule has 4 heteroatoms. The topological polar surface area (TPSA) is 15.3 Å². The van der Waals surface area contributed by atoms with Crippen molar-refractivity contribution in [3.8, 4) is 0 Å². The van der Waals surface area contributed by atoms with Gasteiger partial charge < -0.3 is 10.2 Å². The van der Waals surface area contributed by atoms with Crippen LogP contribution in [0.4, 0.5) is 20.2 Å². The first-order valence-electron chi connectivity index (χ1n) is 6.88. The fraction of sp³-hybridized carbons (Fsp3) is 0.294. The SMILES string of the molecule is Cc1ccc(NC(C)c2cccc(F)c2F)cc1N(C)C. The lowest BCUT2D eigenvalue weighted by Crippen LogP contribution is -2.13. The van der Waals surface area contributed by atoms with E-state index in [-0.39, 0.29) is 6.04 Å². The van der Waals surface area contributed by atoms with Crippen molar-refractivity contribution < 1.29 is 8.78 Å². The summed E-state index contributed by atoms with van der Waals surface area (Å²) >= 11 is 0. The summed E-state index contributed by atoms with van der Waals surface area (Å²) < 4.78 is 27.1. The molecule has 1 N–H and O–H groups in total. The molecule has 1 atom stereocenters. The van der Waals surface area contributed by atoms with Crippen LogP contribution in [-0.4, -0.2) is 14.1 Å². The number of anilines is 2. The van der Waals surface area contributed by atoms with Crippen LogP contribution in [0.25, 0.3) is 0 Å². The highest BCUT2D eigenvalue weighted by Crippen LogP contribution is 2.27. The van der Waals surface area contributed by atoms with Gasteiger partial charge in [0.15, 0.2) is 11.6 Å². The molecule has 0 aromatic heterocycles. The average molecular weight is 290 g/mol. The standard InChI is InChI=1S/C17H20F2N2/c1-11-8-9-13(10-16(11)21(3)4)20-12(2)14-6-5-7-15(18)17(14)19/h5-10,12,20H,1-4H3. The Hall–Kier alpha value is -2.10. The van der Waals surface area contributed by atoms with E-state index < -0.39 is 11.6 Å². The van der Waals surface area contributed by atoms with Gasteiger partial charge in [-0.2, -0.15) is 0 Å². The van der Waals surface area contributed by atoms with E-state index in [1.54, 1.807) is 6.07 Å². The monoisotopic (exact) mass is 290 g/mol. The molecular weight excluding hydrogens is 270 g/mol. The Morgan fingerprint density at radius 2 is 1.81 bits per heavy atom. The smallest absolute Gasteiger partial charge is 0.164 e. The third kappa shape index (κ3) is 3.32. The minimum Gasteiger partial charge on any atom is -0.378 e. The predicted molar refractivity (Wildman–Crippen MR) is 83.9 cm³/mol. The van der Waals surface area contributed by atoms with Crippen molar-refractivity contribution in [1.82, 2.24) is 0 Å². The van der Waals surface area contributed by atoms with Crippen molar-refractivity contribution in [3.63, 3.8) is 0 Å². The summed E-state index contributed by atoms with van der Waals surface area (Å²) in [6.45, 7) is 3.85. The maximum atomic E-state index is 13.8. The predicted octanol–water partition coefficient (Wildman–Crippen LogP) is 4.51. The number of halogens is 2. The Bertz CT molecular complexity index is 639. The summed E-state index contributed by atoms with van der Waals surface area (Å²) in [4.78, 5) is 2.02. The summed E-state index contributed by atoms with van der Waals surface area (Å²) in [5.74, 6) is -1.61. The second kappa shape index (κ2) is 6.12. The van der Waals surface area contributed by atoms with Crippen LogP contribution >= 0.6 is 0 Å². The van der Waals surface area contributed by atoms with Crippen molar-refractivity contribution in [2.75, 3.05) is 24.3 Å². The Morgan fingerprint density at radius 3 is 2.48 bits per heavy atom. The van der Waals surface area contributed by atoms with Gasteiger partial charge in [0.05, 0.1) is 6.04 Å². The van der Waals surface area contributed by atoms with Gasteiger partial charge >= 0.3 is 0 Å². The zero-order chi connectivity index (χ0) is 15.6. The van der Waals surface area contributed by atoms with Crippen molar-refractivity contribution in [2.24, 2.45) is 0 Å². The number of aryl methyl sites for hydroxylation is 1. The average Bonchev–Trinajstić information content (AvgIpc) is 2.43. The molecule has 0 spiro atoms. The quantitative estimate of drug-likeness (QED) is 0.891. The largest absolute Gasteiger partial charge is 0.378 e. The van der Waals surface area contributed by atoms with E-state index in [0.717, 1.165) is 23.0 Å². The van der Waals surface area contributed by atoms with E-state index in [2.05, 4.69) is 5.32 Å². The van der Waals surface area contributed by atoms with Gasteiger partial charge in [0, 0.05) is 31.0 Å². The molecule has 0 saturated heterocycles. The van der Waals surface area contributed by atoms with Crippen molar-refractivity contribution in [3.05, 3.63) is 59.2 Å². The van der Waals surface area contributed by atoms with Crippen LogP contribution in [0.2, 0.25) is 0 Å². The number of hydrogen-bond donors (Lipinski definition) is 1. The van der Waals surface area contributed by atoms with Crippen molar-refractivity contribution in [2.45, 2.75) is 19.9 Å². The molecule has 1 unspecified atom stereocenters. The van der Waals surface area contributed by atoms with Crippen molar-refractivity contribution >= 4 is 11.4 Å². The lowest BCUT2D eigenvalue weighted by Gasteiger charge is -2.20. The van der Waals surface area contributed by atoms with Gasteiger partial charge in [0.1, 0.15) is 0 Å². The molecule has 0 saturated carbocycles. The first-order valence-corrected chi connectivity index (χ1v) is 6.88. The lowest BCUT2D eigenvalue weighted by molar-refractivity contribution is 0.494. The molecule has 2 aromatic rings. The molecule has 0 amide bonds. The molecule has 2 rings (SSSR count). The molecule has 0 aliphatic carbocycles. The van der Waals surface area contributed by atoms with Crippen LogP contribution in [-0.2, 0) is 0 Å². The highest BCUT2D eigenvalue weighted by molar-refractivity contribution is 5.62. The molecule has 2 nitrogen and oxygen atoms in total. The molecule has 0 bridgehead atoms. The van der Waals surface area contributed by atoms with Gasteiger partial charge in [0.2, 0.25) is 0 Å². The highest BCUT2D eigenvalue weighted by atomic mass is 19.2. The molecule has 21 heavy (non-hydrogen) atoms. The van der Waals surface area contributed by atoms with Gasteiger partial charge in [-0.05, 0) is 37.6 Å². The van der Waals surface area contributed by atoms with Crippen LogP contribution in [0.5, 0.6) is 0 Å². The maximum Gasteiger partial charge on any atom is 0.164 e. The number of nitrogens with one attached hydrogen (secondary N) is 1. The van der Waals surface area contributed by atoms with Gasteiger partial charge in [0.25, 0.3) is 0 Å². The third-order valence-electron chi connectivity index (χ3n) is 3.52. The summed E-state index contributed by atoms with van der Waals surface area (Å²) in [7, 11) is 3.95. The van der Waals surface area contributed by atoms with Gasteiger partial charge in [-0.15, -0.1) is 0 Å². The molecular formula is C17H20F2N2. The zero-order valence-electron chi connectivity index (χ0n) is 12.7. The van der Waals surface area contributed by atoms with E-state index in [4.69, 9.17) is 0 Å². The fourth-order valence-corrected chi connectivity index (χ4v) is 2.36. The molecule has 0 aliphatic rings. The van der Waals surface area contributed by atoms with E-state index in [1.807, 2.05) is 51.0 Å². The maximum absolute atomic E-state index is 13.8. The van der Waals surface area contributed by atoms with E-state index in [1.165, 1.54) is 6.07 Å². The molecule has 112 valence electrons. The lowest BCUT2D eigenvalue weighted by atomic mass is 10.1. The normalized spacial score (nSPS) is 12.1. The Morgan fingerprint density at radius 1 is 1.10 bits per heavy atom. The van der Waals surface area contributed by atoms with E-state index >= 15 is 0 Å². The Kier molecular flexibility index (Phi) is 4.46. The number of hydrogen-bond acceptors (Lipinski definition) is 2. The van der Waals surface area contributed by atoms with E-state index in [9.17, 15) is 8.78 Å². The molecule has 0 heterocycles. The number of nitrogens with zero attached hydrogens (tertiary/aromatic N) is 1. The van der Waals surface area contributed by atoms with Gasteiger partial charge in [-0.25, -0.2) is 8.78 Å². The summed E-state index contributed by atoms with van der Waals surface area (Å²) in [6, 6.07) is 9.87. The molecule has 0 fully saturated rings. The first-order chi connectivity index (χ1) is 9.90. The Labute approximate surface area is 124 Å². The Balaban J connectivity index is 2.25. The third-order valence-corrected chi connectivity index (χ3v) is 3.52. The summed E-state index contributed by atoms with van der Waals surface area (Å²) in [5.41, 5.74) is 3.45. The minimum atomic E-state index is -0.820. The minimum absolute atomic E-state index is 0.321. The molecule has 2 aromatic carbocycles. The van der Waals surface area contributed by atoms with Crippen LogP contribution in [0.1, 0.15) is 24.1 Å². The number of rotatable bonds is 4. The van der Waals surface area contributed by atoms with E-state index in [0.29, 0.717) is 5.56 Å². The molecule has 0 aliphatic heterocycles. The number of benzene rings is 2. The van der Waals surface area contributed by atoms with Crippen LogP contribution in [0.15, 0.2) is 36.4 Å². The summed E-state index contributed by atoms with van der Waals surface area (Å²) in [6.07, 6.45) is 0. The van der Waals surface area contributed by atoms with Crippen LogP contribution in [0.3, 0.4) is 0 Å². The summed E-state index contributed by atoms with van der Waals surface area (Å²) in [5, 5.41) is 3.22. The second-order valence-corrected chi connectivity index (χ2v) is 5.40. The van der Waals surface area contributed by atoms with Gasteiger partial charge in [-0.1, -0.05) is 18.2 Å². The van der Waals surface area contributed by atoms with Crippen LogP contribution < -0.4 is 10.2 Å². The fourth-order valence-electron chi connectivity index (χ4n) is 2.36. The zero-order valence-corrected chi connectivity index (χ0v) is 12.7. The van der Waals surface area contributed by atoms with Crippen LogP contribution in [0, 0.1) is 18.6 Å². The van der Waals surface area contributed by atoms with Gasteiger partial charge in [-0.3, -0.25) is 0 Å². The first kappa shape index (κ1) is 15.3. The molecule has 0 radical (unpaired) electrons. The second-order valence-electron chi connectivity index (χ2n) is 5.40.